The molecule has 0 spiro atoms. The van der Waals surface area contributed by atoms with Crippen molar-refractivity contribution in [3.8, 4) is 0 Å². The van der Waals surface area contributed by atoms with Gasteiger partial charge in [-0.15, -0.1) is 0 Å². The van der Waals surface area contributed by atoms with Crippen LogP contribution >= 0.6 is 0 Å². The molecule has 1 rings (SSSR count). The number of hydrogen-bond donors (Lipinski definition) is 0. The van der Waals surface area contributed by atoms with Gasteiger partial charge in [0.05, 0.1) is 2.74 Å². The van der Waals surface area contributed by atoms with Gasteiger partial charge in [0.15, 0.2) is 0 Å². The standard InChI is InChI=1S/C10H16/c1-8(2)10-6-4-9(3)5-7-10/h4,10H,1,5-7H2,2-3H3/t10-/m1/s1/i1TD. The molecule has 0 amide bonds. The Bertz CT molecular complexity index is 222. The molecular formula is C10H16. The van der Waals surface area contributed by atoms with E-state index in [2.05, 4.69) is 13.0 Å². The van der Waals surface area contributed by atoms with Crippen LogP contribution in [0.5, 0.6) is 0 Å². The molecule has 1 aliphatic rings. The summed E-state index contributed by atoms with van der Waals surface area (Å²) in [6.45, 7) is 4.07. The normalized spacial score (nSPS) is 31.8. The van der Waals surface area contributed by atoms with E-state index in [1.807, 2.05) is 6.92 Å². The van der Waals surface area contributed by atoms with E-state index in [0.29, 0.717) is 5.92 Å². The molecule has 0 heterocycles. The smallest absolute Gasteiger partial charge is 0.0537 e. The highest BCUT2D eigenvalue weighted by Crippen LogP contribution is 2.27. The largest absolute Gasteiger partial charge is 0.0998 e. The zero-order valence-electron chi connectivity index (χ0n) is 8.78. The Labute approximate surface area is 66.4 Å². The lowest BCUT2D eigenvalue weighted by atomic mass is 9.86. The molecule has 0 aliphatic heterocycles. The Morgan fingerprint density at radius 2 is 2.90 bits per heavy atom. The van der Waals surface area contributed by atoms with Crippen LogP contribution in [0.3, 0.4) is 0 Å². The molecule has 0 fully saturated rings. The van der Waals surface area contributed by atoms with Crippen LogP contribution < -0.4 is 0 Å². The summed E-state index contributed by atoms with van der Waals surface area (Å²) in [4.78, 5) is 0. The molecule has 0 radical (unpaired) electrons. The zero-order valence-corrected chi connectivity index (χ0v) is 6.78. The SMILES string of the molecule is [2H]C([3H])=C(C)[C@@H]1CC=C(C)CC1. The first-order chi connectivity index (χ1) is 5.61. The second kappa shape index (κ2) is 3.05. The maximum atomic E-state index is 7.20. The monoisotopic (exact) mass is 139 g/mol. The molecule has 0 nitrogen and oxygen atoms in total. The van der Waals surface area contributed by atoms with Gasteiger partial charge in [0.25, 0.3) is 0 Å². The summed E-state index contributed by atoms with van der Waals surface area (Å²) in [5.74, 6) is 0.457. The molecule has 0 aromatic rings. The minimum atomic E-state index is 0.00736. The predicted octanol–water partition coefficient (Wildman–Crippen LogP) is 3.31. The lowest BCUT2D eigenvalue weighted by Crippen LogP contribution is -2.04. The second-order valence-electron chi connectivity index (χ2n) is 3.20. The minimum absolute atomic E-state index is 0.00736. The number of hydrogen-bond acceptors (Lipinski definition) is 0. The summed E-state index contributed by atoms with van der Waals surface area (Å²) in [7, 11) is 0. The van der Waals surface area contributed by atoms with Crippen LogP contribution in [0.4, 0.5) is 0 Å². The molecule has 0 saturated carbocycles. The molecular weight excluding hydrogens is 120 g/mol. The average Bonchev–Trinajstić information content (AvgIpc) is 2.04. The lowest BCUT2D eigenvalue weighted by Gasteiger charge is -2.19. The van der Waals surface area contributed by atoms with Gasteiger partial charge in [-0.05, 0) is 39.0 Å². The van der Waals surface area contributed by atoms with Gasteiger partial charge in [0.1, 0.15) is 0 Å². The van der Waals surface area contributed by atoms with Crippen LogP contribution in [-0.4, -0.2) is 0 Å². The molecule has 56 valence electrons. The van der Waals surface area contributed by atoms with Crippen molar-refractivity contribution >= 4 is 0 Å². The van der Waals surface area contributed by atoms with Gasteiger partial charge in [0.2, 0.25) is 0 Å². The summed E-state index contributed by atoms with van der Waals surface area (Å²) < 4.78 is 14.4. The molecule has 0 aromatic carbocycles. The summed E-state index contributed by atoms with van der Waals surface area (Å²) in [6.07, 6.45) is 5.52. The fraction of sp³-hybridized carbons (Fsp3) is 0.600. The van der Waals surface area contributed by atoms with E-state index in [-0.39, 0.29) is 6.53 Å². The van der Waals surface area contributed by atoms with Gasteiger partial charge in [-0.25, -0.2) is 0 Å². The van der Waals surface area contributed by atoms with Crippen molar-refractivity contribution in [1.29, 1.82) is 0 Å². The first-order valence-corrected chi connectivity index (χ1v) is 3.91. The van der Waals surface area contributed by atoms with E-state index in [9.17, 15) is 0 Å². The van der Waals surface area contributed by atoms with E-state index >= 15 is 0 Å². The molecule has 0 saturated heterocycles. The van der Waals surface area contributed by atoms with Crippen molar-refractivity contribution in [2.24, 2.45) is 5.92 Å². The third-order valence-electron chi connectivity index (χ3n) is 2.25. The van der Waals surface area contributed by atoms with Crippen LogP contribution in [0.25, 0.3) is 0 Å². The van der Waals surface area contributed by atoms with Crippen LogP contribution in [-0.2, 0) is 0 Å². The third-order valence-corrected chi connectivity index (χ3v) is 2.25. The molecule has 0 aromatic heterocycles. The fourth-order valence-corrected chi connectivity index (χ4v) is 1.36. The van der Waals surface area contributed by atoms with Crippen molar-refractivity contribution in [3.63, 3.8) is 0 Å². The average molecular weight is 139 g/mol. The fourth-order valence-electron chi connectivity index (χ4n) is 1.36. The summed E-state index contributed by atoms with van der Waals surface area (Å²) in [6, 6.07) is 0. The first kappa shape index (κ1) is 5.17. The maximum Gasteiger partial charge on any atom is 0.0537 e. The molecule has 1 atom stereocenters. The van der Waals surface area contributed by atoms with Gasteiger partial charge < -0.3 is 0 Å². The van der Waals surface area contributed by atoms with Gasteiger partial charge >= 0.3 is 0 Å². The Morgan fingerprint density at radius 1 is 2.10 bits per heavy atom. The van der Waals surface area contributed by atoms with E-state index < -0.39 is 0 Å². The van der Waals surface area contributed by atoms with E-state index in [0.717, 1.165) is 24.8 Å². The molecule has 0 N–H and O–H groups in total. The van der Waals surface area contributed by atoms with Crippen LogP contribution in [0, 0.1) is 5.92 Å². The number of allylic oxidation sites excluding steroid dienone is 3. The predicted molar refractivity (Wildman–Crippen MR) is 45.9 cm³/mol. The molecule has 1 aliphatic carbocycles. The van der Waals surface area contributed by atoms with Crippen LogP contribution in [0.1, 0.15) is 35.9 Å². The molecule has 0 heteroatoms. The first-order valence-electron chi connectivity index (χ1n) is 4.91. The second-order valence-corrected chi connectivity index (χ2v) is 3.20. The lowest BCUT2D eigenvalue weighted by molar-refractivity contribution is 0.540. The van der Waals surface area contributed by atoms with Gasteiger partial charge in [0, 0.05) is 0 Å². The van der Waals surface area contributed by atoms with Crippen molar-refractivity contribution in [3.05, 3.63) is 23.8 Å². The van der Waals surface area contributed by atoms with Crippen LogP contribution in [0.15, 0.2) is 23.8 Å². The Morgan fingerprint density at radius 3 is 3.40 bits per heavy atom. The van der Waals surface area contributed by atoms with Crippen molar-refractivity contribution in [2.75, 3.05) is 0 Å². The van der Waals surface area contributed by atoms with Gasteiger partial charge in [-0.3, -0.25) is 0 Å². The summed E-state index contributed by atoms with van der Waals surface area (Å²) in [5, 5.41) is 0. The van der Waals surface area contributed by atoms with Crippen molar-refractivity contribution in [2.45, 2.75) is 33.1 Å². The van der Waals surface area contributed by atoms with E-state index in [1.54, 1.807) is 0 Å². The quantitative estimate of drug-likeness (QED) is 0.489. The summed E-state index contributed by atoms with van der Waals surface area (Å²) >= 11 is 0. The highest BCUT2D eigenvalue weighted by molar-refractivity contribution is 5.09. The highest BCUT2D eigenvalue weighted by atomic mass is 14.2. The van der Waals surface area contributed by atoms with E-state index in [4.69, 9.17) is 2.74 Å². The Balaban J connectivity index is 2.64. The molecule has 10 heavy (non-hydrogen) atoms. The minimum Gasteiger partial charge on any atom is -0.0998 e. The Kier molecular flexibility index (Phi) is 1.58. The highest BCUT2D eigenvalue weighted by Gasteiger charge is 2.11. The van der Waals surface area contributed by atoms with Gasteiger partial charge in [-0.1, -0.05) is 23.8 Å². The Hall–Kier alpha value is -0.520. The zero-order chi connectivity index (χ0) is 9.14. The van der Waals surface area contributed by atoms with Crippen molar-refractivity contribution in [1.82, 2.24) is 0 Å². The molecule has 0 unspecified atom stereocenters. The third kappa shape index (κ3) is 1.73. The van der Waals surface area contributed by atoms with E-state index in [1.165, 1.54) is 5.57 Å². The van der Waals surface area contributed by atoms with Crippen molar-refractivity contribution < 1.29 is 2.74 Å². The number of rotatable bonds is 1. The topological polar surface area (TPSA) is 0 Å². The molecule has 0 bridgehead atoms. The van der Waals surface area contributed by atoms with Gasteiger partial charge in [-0.2, -0.15) is 0 Å². The maximum absolute atomic E-state index is 7.20. The van der Waals surface area contributed by atoms with Crippen LogP contribution in [0.2, 0.25) is 0 Å². The summed E-state index contributed by atoms with van der Waals surface area (Å²) in [5.41, 5.74) is 2.40.